The number of carbonyl (C=O) groups is 1. The Morgan fingerprint density at radius 3 is 3.00 bits per heavy atom. The molecule has 2 aromatic rings. The molecule has 1 fully saturated rings. The summed E-state index contributed by atoms with van der Waals surface area (Å²) < 4.78 is 5.37. The molecule has 1 amide bonds. The SMILES string of the molecule is C[C@@H]1CN(Cc2ccco2)CCN1C(=O)c1cnccn1. The summed E-state index contributed by atoms with van der Waals surface area (Å²) in [6.45, 7) is 5.19. The van der Waals surface area contributed by atoms with Crippen LogP contribution in [0.4, 0.5) is 0 Å². The Balaban J connectivity index is 1.62. The summed E-state index contributed by atoms with van der Waals surface area (Å²) in [5.74, 6) is 0.907. The zero-order valence-corrected chi connectivity index (χ0v) is 12.0. The van der Waals surface area contributed by atoms with Gasteiger partial charge in [-0.05, 0) is 19.1 Å². The van der Waals surface area contributed by atoms with Crippen molar-refractivity contribution in [2.75, 3.05) is 19.6 Å². The van der Waals surface area contributed by atoms with Gasteiger partial charge >= 0.3 is 0 Å². The highest BCUT2D eigenvalue weighted by Gasteiger charge is 2.29. The highest BCUT2D eigenvalue weighted by atomic mass is 16.3. The van der Waals surface area contributed by atoms with Gasteiger partial charge in [0, 0.05) is 38.1 Å². The molecule has 2 aromatic heterocycles. The minimum Gasteiger partial charge on any atom is -0.468 e. The Morgan fingerprint density at radius 2 is 2.33 bits per heavy atom. The molecular formula is C15H18N4O2. The first-order valence-corrected chi connectivity index (χ1v) is 7.06. The lowest BCUT2D eigenvalue weighted by Crippen LogP contribution is -2.53. The van der Waals surface area contributed by atoms with Gasteiger partial charge in [0.15, 0.2) is 0 Å². The lowest BCUT2D eigenvalue weighted by atomic mass is 10.1. The van der Waals surface area contributed by atoms with Crippen molar-refractivity contribution < 1.29 is 9.21 Å². The summed E-state index contributed by atoms with van der Waals surface area (Å²) in [4.78, 5) is 24.6. The van der Waals surface area contributed by atoms with E-state index in [4.69, 9.17) is 4.42 Å². The molecule has 6 heteroatoms. The molecule has 0 unspecified atom stereocenters. The topological polar surface area (TPSA) is 62.5 Å². The molecule has 0 aromatic carbocycles. The number of hydrogen-bond donors (Lipinski definition) is 0. The van der Waals surface area contributed by atoms with Gasteiger partial charge in [-0.15, -0.1) is 0 Å². The number of nitrogens with zero attached hydrogens (tertiary/aromatic N) is 4. The summed E-state index contributed by atoms with van der Waals surface area (Å²) in [6.07, 6.45) is 6.32. The molecule has 110 valence electrons. The fourth-order valence-electron chi connectivity index (χ4n) is 2.66. The molecule has 0 spiro atoms. The molecule has 3 heterocycles. The number of aromatic nitrogens is 2. The minimum atomic E-state index is -0.0479. The van der Waals surface area contributed by atoms with Crippen LogP contribution < -0.4 is 0 Å². The molecule has 3 rings (SSSR count). The summed E-state index contributed by atoms with van der Waals surface area (Å²) in [5, 5.41) is 0. The average molecular weight is 286 g/mol. The van der Waals surface area contributed by atoms with Gasteiger partial charge in [-0.3, -0.25) is 14.7 Å². The van der Waals surface area contributed by atoms with Crippen LogP contribution in [0.2, 0.25) is 0 Å². The maximum absolute atomic E-state index is 12.4. The summed E-state index contributed by atoms with van der Waals surface area (Å²) >= 11 is 0. The number of furan rings is 1. The van der Waals surface area contributed by atoms with Gasteiger partial charge in [0.05, 0.1) is 19.0 Å². The summed E-state index contributed by atoms with van der Waals surface area (Å²) in [7, 11) is 0. The molecule has 1 aliphatic heterocycles. The van der Waals surface area contributed by atoms with Crippen LogP contribution in [0.15, 0.2) is 41.4 Å². The van der Waals surface area contributed by atoms with E-state index in [0.717, 1.165) is 25.4 Å². The van der Waals surface area contributed by atoms with Crippen LogP contribution in [-0.2, 0) is 6.54 Å². The van der Waals surface area contributed by atoms with Crippen LogP contribution >= 0.6 is 0 Å². The average Bonchev–Trinajstić information content (AvgIpc) is 3.01. The smallest absolute Gasteiger partial charge is 0.274 e. The number of hydrogen-bond acceptors (Lipinski definition) is 5. The number of rotatable bonds is 3. The third kappa shape index (κ3) is 3.11. The molecule has 1 atom stereocenters. The van der Waals surface area contributed by atoms with Gasteiger partial charge in [-0.25, -0.2) is 4.98 Å². The minimum absolute atomic E-state index is 0.0479. The maximum atomic E-state index is 12.4. The second-order valence-electron chi connectivity index (χ2n) is 5.25. The highest BCUT2D eigenvalue weighted by molar-refractivity contribution is 5.92. The molecule has 0 saturated carbocycles. The van der Waals surface area contributed by atoms with Gasteiger partial charge in [0.1, 0.15) is 11.5 Å². The molecular weight excluding hydrogens is 268 g/mol. The van der Waals surface area contributed by atoms with E-state index in [9.17, 15) is 4.79 Å². The van der Waals surface area contributed by atoms with Crippen LogP contribution in [0.3, 0.4) is 0 Å². The van der Waals surface area contributed by atoms with E-state index < -0.39 is 0 Å². The second-order valence-corrected chi connectivity index (χ2v) is 5.25. The van der Waals surface area contributed by atoms with E-state index in [0.29, 0.717) is 12.2 Å². The first-order chi connectivity index (χ1) is 10.2. The standard InChI is InChI=1S/C15H18N4O2/c1-12-10-18(11-13-3-2-8-21-13)6-7-19(12)15(20)14-9-16-4-5-17-14/h2-5,8-9,12H,6-7,10-11H2,1H3/t12-/m1/s1. The molecule has 1 saturated heterocycles. The zero-order valence-electron chi connectivity index (χ0n) is 12.0. The van der Waals surface area contributed by atoms with Gasteiger partial charge in [-0.2, -0.15) is 0 Å². The Hall–Kier alpha value is -2.21. The van der Waals surface area contributed by atoms with Crippen molar-refractivity contribution in [1.82, 2.24) is 19.8 Å². The van der Waals surface area contributed by atoms with Gasteiger partial charge in [-0.1, -0.05) is 0 Å². The van der Waals surface area contributed by atoms with Crippen molar-refractivity contribution in [3.8, 4) is 0 Å². The van der Waals surface area contributed by atoms with E-state index in [1.54, 1.807) is 18.7 Å². The monoisotopic (exact) mass is 286 g/mol. The van der Waals surface area contributed by atoms with E-state index in [1.165, 1.54) is 6.20 Å². The lowest BCUT2D eigenvalue weighted by molar-refractivity contribution is 0.0457. The maximum Gasteiger partial charge on any atom is 0.274 e. The Labute approximate surface area is 123 Å². The van der Waals surface area contributed by atoms with Gasteiger partial charge in [0.25, 0.3) is 5.91 Å². The second kappa shape index (κ2) is 6.05. The van der Waals surface area contributed by atoms with Gasteiger partial charge < -0.3 is 9.32 Å². The number of amides is 1. The summed E-state index contributed by atoms with van der Waals surface area (Å²) in [5.41, 5.74) is 0.406. The molecule has 1 aliphatic rings. The predicted octanol–water partition coefficient (Wildman–Crippen LogP) is 1.42. The van der Waals surface area contributed by atoms with Crippen LogP contribution in [0.5, 0.6) is 0 Å². The Kier molecular flexibility index (Phi) is 3.96. The van der Waals surface area contributed by atoms with E-state index in [1.807, 2.05) is 17.0 Å². The van der Waals surface area contributed by atoms with Crippen molar-refractivity contribution in [2.24, 2.45) is 0 Å². The first kappa shape index (κ1) is 13.8. The fraction of sp³-hybridized carbons (Fsp3) is 0.400. The molecule has 6 nitrogen and oxygen atoms in total. The molecule has 0 aliphatic carbocycles. The first-order valence-electron chi connectivity index (χ1n) is 7.06. The Bertz CT molecular complexity index is 585. The molecule has 21 heavy (non-hydrogen) atoms. The van der Waals surface area contributed by atoms with Crippen LogP contribution in [0, 0.1) is 0 Å². The van der Waals surface area contributed by atoms with Crippen molar-refractivity contribution in [1.29, 1.82) is 0 Å². The zero-order chi connectivity index (χ0) is 14.7. The van der Waals surface area contributed by atoms with Crippen molar-refractivity contribution >= 4 is 5.91 Å². The van der Waals surface area contributed by atoms with Gasteiger partial charge in [0.2, 0.25) is 0 Å². The predicted molar refractivity (Wildman–Crippen MR) is 76.5 cm³/mol. The van der Waals surface area contributed by atoms with E-state index in [2.05, 4.69) is 21.8 Å². The van der Waals surface area contributed by atoms with Crippen molar-refractivity contribution in [3.63, 3.8) is 0 Å². The van der Waals surface area contributed by atoms with E-state index in [-0.39, 0.29) is 11.9 Å². The van der Waals surface area contributed by atoms with Crippen molar-refractivity contribution in [2.45, 2.75) is 19.5 Å². The largest absolute Gasteiger partial charge is 0.468 e. The summed E-state index contributed by atoms with van der Waals surface area (Å²) in [6, 6.07) is 4.01. The lowest BCUT2D eigenvalue weighted by Gasteiger charge is -2.39. The highest BCUT2D eigenvalue weighted by Crippen LogP contribution is 2.15. The van der Waals surface area contributed by atoms with Crippen LogP contribution in [-0.4, -0.2) is 51.4 Å². The Morgan fingerprint density at radius 1 is 1.43 bits per heavy atom. The fourth-order valence-corrected chi connectivity index (χ4v) is 2.66. The molecule has 0 radical (unpaired) electrons. The quantitative estimate of drug-likeness (QED) is 0.854. The molecule has 0 N–H and O–H groups in total. The normalized spacial score (nSPS) is 19.7. The number of piperazine rings is 1. The molecule has 0 bridgehead atoms. The van der Waals surface area contributed by atoms with Crippen LogP contribution in [0.1, 0.15) is 23.2 Å². The van der Waals surface area contributed by atoms with E-state index >= 15 is 0 Å². The van der Waals surface area contributed by atoms with Crippen molar-refractivity contribution in [3.05, 3.63) is 48.4 Å². The third-order valence-corrected chi connectivity index (χ3v) is 3.71. The third-order valence-electron chi connectivity index (χ3n) is 3.71. The van der Waals surface area contributed by atoms with Crippen LogP contribution in [0.25, 0.3) is 0 Å². The number of carbonyl (C=O) groups excluding carboxylic acids is 1.